The van der Waals surface area contributed by atoms with Gasteiger partial charge in [-0.15, -0.1) is 20.4 Å². The van der Waals surface area contributed by atoms with Gasteiger partial charge in [-0.25, -0.2) is 0 Å². The maximum atomic E-state index is 5.80. The third kappa shape index (κ3) is 4.34. The van der Waals surface area contributed by atoms with E-state index in [9.17, 15) is 0 Å². The summed E-state index contributed by atoms with van der Waals surface area (Å²) in [6.45, 7) is 2.91. The standard InChI is InChI=1S/C20H18BrN5OS/c1-2-26-17(11-14-7-4-3-5-8-14)22-25-20(26)28-13-18-23-24-19(27-18)15-9-6-10-16(21)12-15/h3-10,12H,2,11,13H2,1H3. The van der Waals surface area contributed by atoms with Crippen molar-refractivity contribution in [1.29, 1.82) is 0 Å². The van der Waals surface area contributed by atoms with Crippen LogP contribution in [0.15, 0.2) is 68.6 Å². The van der Waals surface area contributed by atoms with E-state index in [0.29, 0.717) is 17.5 Å². The van der Waals surface area contributed by atoms with Crippen LogP contribution in [0.25, 0.3) is 11.5 Å². The van der Waals surface area contributed by atoms with E-state index in [0.717, 1.165) is 34.0 Å². The predicted octanol–water partition coefficient (Wildman–Crippen LogP) is 4.99. The Kier molecular flexibility index (Phi) is 5.87. The molecule has 0 atom stereocenters. The summed E-state index contributed by atoms with van der Waals surface area (Å²) in [5, 5.41) is 17.9. The number of halogens is 1. The Labute approximate surface area is 175 Å². The lowest BCUT2D eigenvalue weighted by Crippen LogP contribution is -2.04. The monoisotopic (exact) mass is 455 g/mol. The second-order valence-electron chi connectivity index (χ2n) is 6.11. The average molecular weight is 456 g/mol. The Morgan fingerprint density at radius 3 is 2.64 bits per heavy atom. The molecule has 0 radical (unpaired) electrons. The van der Waals surface area contributed by atoms with Gasteiger partial charge in [0, 0.05) is 23.0 Å². The second kappa shape index (κ2) is 8.70. The molecule has 2 aromatic carbocycles. The van der Waals surface area contributed by atoms with E-state index < -0.39 is 0 Å². The smallest absolute Gasteiger partial charge is 0.247 e. The Morgan fingerprint density at radius 2 is 1.86 bits per heavy atom. The van der Waals surface area contributed by atoms with Crippen molar-refractivity contribution in [1.82, 2.24) is 25.0 Å². The van der Waals surface area contributed by atoms with Gasteiger partial charge in [0.25, 0.3) is 0 Å². The minimum Gasteiger partial charge on any atom is -0.420 e. The summed E-state index contributed by atoms with van der Waals surface area (Å²) >= 11 is 5.01. The highest BCUT2D eigenvalue weighted by atomic mass is 79.9. The van der Waals surface area contributed by atoms with Gasteiger partial charge in [-0.3, -0.25) is 0 Å². The van der Waals surface area contributed by atoms with Crippen LogP contribution in [-0.4, -0.2) is 25.0 Å². The molecule has 0 saturated heterocycles. The molecule has 2 heterocycles. The van der Waals surface area contributed by atoms with E-state index in [1.54, 1.807) is 11.8 Å². The molecule has 8 heteroatoms. The van der Waals surface area contributed by atoms with Crippen molar-refractivity contribution >= 4 is 27.7 Å². The molecule has 0 amide bonds. The predicted molar refractivity (Wildman–Crippen MR) is 112 cm³/mol. The molecule has 28 heavy (non-hydrogen) atoms. The van der Waals surface area contributed by atoms with E-state index in [2.05, 4.69) is 59.9 Å². The van der Waals surface area contributed by atoms with Crippen LogP contribution in [0.2, 0.25) is 0 Å². The molecule has 0 saturated carbocycles. The van der Waals surface area contributed by atoms with Gasteiger partial charge >= 0.3 is 0 Å². The Balaban J connectivity index is 1.45. The topological polar surface area (TPSA) is 69.6 Å². The minimum atomic E-state index is 0.513. The van der Waals surface area contributed by atoms with Gasteiger partial charge in [-0.2, -0.15) is 0 Å². The maximum absolute atomic E-state index is 5.80. The first-order valence-corrected chi connectivity index (χ1v) is 10.7. The lowest BCUT2D eigenvalue weighted by atomic mass is 10.1. The van der Waals surface area contributed by atoms with Crippen LogP contribution >= 0.6 is 27.7 Å². The van der Waals surface area contributed by atoms with Crippen molar-refractivity contribution in [2.24, 2.45) is 0 Å². The van der Waals surface area contributed by atoms with Crippen molar-refractivity contribution < 1.29 is 4.42 Å². The Bertz CT molecular complexity index is 1060. The molecule has 4 rings (SSSR count). The second-order valence-corrected chi connectivity index (χ2v) is 7.96. The molecule has 2 aromatic heterocycles. The first-order chi connectivity index (χ1) is 13.7. The Hall–Kier alpha value is -2.45. The lowest BCUT2D eigenvalue weighted by Gasteiger charge is -2.06. The van der Waals surface area contributed by atoms with E-state index in [1.807, 2.05) is 42.5 Å². The molecule has 6 nitrogen and oxygen atoms in total. The number of hydrogen-bond donors (Lipinski definition) is 0. The van der Waals surface area contributed by atoms with E-state index >= 15 is 0 Å². The zero-order chi connectivity index (χ0) is 19.3. The highest BCUT2D eigenvalue weighted by Crippen LogP contribution is 2.26. The third-order valence-corrected chi connectivity index (χ3v) is 5.62. The van der Waals surface area contributed by atoms with Gasteiger partial charge in [0.2, 0.25) is 11.8 Å². The van der Waals surface area contributed by atoms with Gasteiger partial charge in [-0.1, -0.05) is 64.1 Å². The summed E-state index contributed by atoms with van der Waals surface area (Å²) in [5.41, 5.74) is 2.11. The fraction of sp³-hybridized carbons (Fsp3) is 0.200. The molecule has 0 N–H and O–H groups in total. The van der Waals surface area contributed by atoms with E-state index in [4.69, 9.17) is 4.42 Å². The molecule has 0 unspecified atom stereocenters. The average Bonchev–Trinajstić information content (AvgIpc) is 3.34. The zero-order valence-electron chi connectivity index (χ0n) is 15.2. The largest absolute Gasteiger partial charge is 0.420 e. The van der Waals surface area contributed by atoms with Gasteiger partial charge in [0.05, 0.1) is 5.75 Å². The normalized spacial score (nSPS) is 11.1. The van der Waals surface area contributed by atoms with Crippen molar-refractivity contribution in [3.05, 3.63) is 76.3 Å². The van der Waals surface area contributed by atoms with Gasteiger partial charge < -0.3 is 8.98 Å². The first-order valence-electron chi connectivity index (χ1n) is 8.90. The highest BCUT2D eigenvalue weighted by molar-refractivity contribution is 9.10. The van der Waals surface area contributed by atoms with Crippen LogP contribution in [0.4, 0.5) is 0 Å². The third-order valence-electron chi connectivity index (χ3n) is 4.18. The number of thioether (sulfide) groups is 1. The van der Waals surface area contributed by atoms with E-state index in [1.165, 1.54) is 5.56 Å². The quantitative estimate of drug-likeness (QED) is 0.365. The molecular weight excluding hydrogens is 438 g/mol. The minimum absolute atomic E-state index is 0.513. The maximum Gasteiger partial charge on any atom is 0.247 e. The van der Waals surface area contributed by atoms with Crippen LogP contribution in [0, 0.1) is 0 Å². The lowest BCUT2D eigenvalue weighted by molar-refractivity contribution is 0.528. The summed E-state index contributed by atoms with van der Waals surface area (Å²) in [4.78, 5) is 0. The van der Waals surface area contributed by atoms with Gasteiger partial charge in [0.15, 0.2) is 5.16 Å². The summed E-state index contributed by atoms with van der Waals surface area (Å²) in [6, 6.07) is 18.1. The molecule has 142 valence electrons. The molecule has 4 aromatic rings. The summed E-state index contributed by atoms with van der Waals surface area (Å²) < 4.78 is 8.90. The summed E-state index contributed by atoms with van der Waals surface area (Å²) in [6.07, 6.45) is 0.760. The fourth-order valence-electron chi connectivity index (χ4n) is 2.83. The van der Waals surface area contributed by atoms with Crippen LogP contribution in [0.1, 0.15) is 24.2 Å². The van der Waals surface area contributed by atoms with Crippen LogP contribution in [0.3, 0.4) is 0 Å². The molecule has 0 bridgehead atoms. The first kappa shape index (κ1) is 18.9. The van der Waals surface area contributed by atoms with Gasteiger partial charge in [-0.05, 0) is 30.7 Å². The number of nitrogens with zero attached hydrogens (tertiary/aromatic N) is 5. The van der Waals surface area contributed by atoms with Crippen molar-refractivity contribution in [3.63, 3.8) is 0 Å². The molecule has 0 aliphatic carbocycles. The summed E-state index contributed by atoms with van der Waals surface area (Å²) in [7, 11) is 0. The Morgan fingerprint density at radius 1 is 1.00 bits per heavy atom. The number of rotatable bonds is 7. The SMILES string of the molecule is CCn1c(Cc2ccccc2)nnc1SCc1nnc(-c2cccc(Br)c2)o1. The highest BCUT2D eigenvalue weighted by Gasteiger charge is 2.14. The fourth-order valence-corrected chi connectivity index (χ4v) is 4.09. The van der Waals surface area contributed by atoms with E-state index in [-0.39, 0.29) is 0 Å². The van der Waals surface area contributed by atoms with Crippen molar-refractivity contribution in [3.8, 4) is 11.5 Å². The number of hydrogen-bond acceptors (Lipinski definition) is 6. The van der Waals surface area contributed by atoms with Crippen molar-refractivity contribution in [2.45, 2.75) is 30.8 Å². The molecule has 0 aliphatic heterocycles. The summed E-state index contributed by atoms with van der Waals surface area (Å²) in [5.74, 6) is 2.58. The number of aromatic nitrogens is 5. The van der Waals surface area contributed by atoms with Crippen LogP contribution < -0.4 is 0 Å². The molecule has 0 fully saturated rings. The van der Waals surface area contributed by atoms with Crippen molar-refractivity contribution in [2.75, 3.05) is 0 Å². The molecule has 0 aliphatic rings. The zero-order valence-corrected chi connectivity index (χ0v) is 17.7. The van der Waals surface area contributed by atoms with Gasteiger partial charge in [0.1, 0.15) is 5.82 Å². The molecular formula is C20H18BrN5OS. The molecule has 0 spiro atoms. The number of benzene rings is 2. The van der Waals surface area contributed by atoms with Crippen LogP contribution in [-0.2, 0) is 18.7 Å². The van der Waals surface area contributed by atoms with Crippen LogP contribution in [0.5, 0.6) is 0 Å².